The summed E-state index contributed by atoms with van der Waals surface area (Å²) in [6, 6.07) is 12.5. The first-order chi connectivity index (χ1) is 14.5. The van der Waals surface area contributed by atoms with Gasteiger partial charge in [0, 0.05) is 5.02 Å². The van der Waals surface area contributed by atoms with E-state index in [1.54, 1.807) is 48.5 Å². The van der Waals surface area contributed by atoms with Gasteiger partial charge >= 0.3 is 6.03 Å². The highest BCUT2D eigenvalue weighted by Gasteiger charge is 2.36. The number of hydrogen-bond acceptors (Lipinski definition) is 4. The van der Waals surface area contributed by atoms with E-state index in [4.69, 9.17) is 16.3 Å². The lowest BCUT2D eigenvalue weighted by Gasteiger charge is -2.26. The number of unbranched alkanes of at least 4 members (excludes halogenated alkanes) is 3. The van der Waals surface area contributed by atoms with Crippen molar-refractivity contribution in [3.05, 3.63) is 64.7 Å². The average Bonchev–Trinajstić information content (AvgIpc) is 2.73. The molecule has 0 saturated carbocycles. The molecule has 156 valence electrons. The molecule has 1 saturated heterocycles. The molecule has 0 spiro atoms. The molecule has 0 atom stereocenters. The summed E-state index contributed by atoms with van der Waals surface area (Å²) >= 11 is 5.87. The summed E-state index contributed by atoms with van der Waals surface area (Å²) in [7, 11) is 0. The molecule has 2 aromatic carbocycles. The van der Waals surface area contributed by atoms with E-state index < -0.39 is 17.8 Å². The Morgan fingerprint density at radius 3 is 2.33 bits per heavy atom. The van der Waals surface area contributed by atoms with Crippen LogP contribution in [0.2, 0.25) is 5.02 Å². The molecule has 2 aromatic rings. The van der Waals surface area contributed by atoms with Crippen LogP contribution in [0.4, 0.5) is 10.5 Å². The lowest BCUT2D eigenvalue weighted by Crippen LogP contribution is -2.54. The van der Waals surface area contributed by atoms with Crippen LogP contribution < -0.4 is 15.0 Å². The van der Waals surface area contributed by atoms with Crippen LogP contribution in [-0.2, 0) is 9.59 Å². The van der Waals surface area contributed by atoms with Gasteiger partial charge in [-0.2, -0.15) is 0 Å². The molecule has 1 N–H and O–H groups in total. The molecule has 7 heteroatoms. The van der Waals surface area contributed by atoms with Gasteiger partial charge in [0.25, 0.3) is 11.8 Å². The third-order valence-corrected chi connectivity index (χ3v) is 4.90. The molecule has 30 heavy (non-hydrogen) atoms. The van der Waals surface area contributed by atoms with Gasteiger partial charge in [-0.25, -0.2) is 9.69 Å². The van der Waals surface area contributed by atoms with Crippen LogP contribution >= 0.6 is 11.6 Å². The van der Waals surface area contributed by atoms with E-state index in [2.05, 4.69) is 12.2 Å². The fourth-order valence-corrected chi connectivity index (χ4v) is 3.15. The smallest absolute Gasteiger partial charge is 0.335 e. The second-order valence-electron chi connectivity index (χ2n) is 6.91. The molecule has 0 aliphatic carbocycles. The molecular formula is C23H23ClN2O4. The Balaban J connectivity index is 1.73. The van der Waals surface area contributed by atoms with Crippen molar-refractivity contribution in [2.75, 3.05) is 11.5 Å². The number of amides is 4. The second-order valence-corrected chi connectivity index (χ2v) is 7.35. The number of nitrogens with zero attached hydrogens (tertiary/aromatic N) is 1. The Labute approximate surface area is 180 Å². The Morgan fingerprint density at radius 1 is 0.967 bits per heavy atom. The molecule has 0 radical (unpaired) electrons. The molecule has 3 rings (SSSR count). The normalized spacial score (nSPS) is 15.5. The molecule has 1 fully saturated rings. The zero-order valence-corrected chi connectivity index (χ0v) is 17.4. The van der Waals surface area contributed by atoms with Crippen molar-refractivity contribution in [2.24, 2.45) is 0 Å². The van der Waals surface area contributed by atoms with Crippen molar-refractivity contribution in [3.8, 4) is 5.75 Å². The van der Waals surface area contributed by atoms with Crippen LogP contribution in [-0.4, -0.2) is 24.5 Å². The summed E-state index contributed by atoms with van der Waals surface area (Å²) in [5.41, 5.74) is 0.849. The number of benzene rings is 2. The average molecular weight is 427 g/mol. The molecular weight excluding hydrogens is 404 g/mol. The molecule has 6 nitrogen and oxygen atoms in total. The summed E-state index contributed by atoms with van der Waals surface area (Å²) in [5, 5.41) is 2.68. The molecule has 1 heterocycles. The first-order valence-corrected chi connectivity index (χ1v) is 10.3. The largest absolute Gasteiger partial charge is 0.494 e. The number of halogens is 1. The number of anilines is 1. The van der Waals surface area contributed by atoms with Crippen LogP contribution in [0.15, 0.2) is 54.1 Å². The second kappa shape index (κ2) is 10.1. The minimum absolute atomic E-state index is 0.127. The third kappa shape index (κ3) is 5.27. The number of hydrogen-bond donors (Lipinski definition) is 1. The van der Waals surface area contributed by atoms with E-state index in [1.165, 1.54) is 18.9 Å². The minimum Gasteiger partial charge on any atom is -0.494 e. The van der Waals surface area contributed by atoms with Crippen LogP contribution in [0.3, 0.4) is 0 Å². The number of carbonyl (C=O) groups is 3. The van der Waals surface area contributed by atoms with Crippen LogP contribution in [0, 0.1) is 0 Å². The Kier molecular flexibility index (Phi) is 7.25. The van der Waals surface area contributed by atoms with Gasteiger partial charge in [0.1, 0.15) is 11.3 Å². The van der Waals surface area contributed by atoms with Crippen LogP contribution in [0.1, 0.15) is 38.2 Å². The number of urea groups is 1. The number of nitrogens with one attached hydrogen (secondary N) is 1. The Bertz CT molecular complexity index is 952. The van der Waals surface area contributed by atoms with Gasteiger partial charge in [-0.3, -0.25) is 14.9 Å². The lowest BCUT2D eigenvalue weighted by atomic mass is 10.1. The highest BCUT2D eigenvalue weighted by Crippen LogP contribution is 2.24. The van der Waals surface area contributed by atoms with E-state index in [9.17, 15) is 14.4 Å². The topological polar surface area (TPSA) is 75.7 Å². The summed E-state index contributed by atoms with van der Waals surface area (Å²) in [4.78, 5) is 38.2. The first kappa shape index (κ1) is 21.6. The predicted molar refractivity (Wildman–Crippen MR) is 117 cm³/mol. The number of ether oxygens (including phenoxy) is 1. The fraction of sp³-hybridized carbons (Fsp3) is 0.261. The highest BCUT2D eigenvalue weighted by atomic mass is 35.5. The van der Waals surface area contributed by atoms with Crippen molar-refractivity contribution in [1.29, 1.82) is 0 Å². The summed E-state index contributed by atoms with van der Waals surface area (Å²) in [6.45, 7) is 2.81. The minimum atomic E-state index is -0.795. The van der Waals surface area contributed by atoms with Crippen LogP contribution in [0.25, 0.3) is 6.08 Å². The summed E-state index contributed by atoms with van der Waals surface area (Å²) in [6.07, 6.45) is 5.97. The SMILES string of the molecule is CCCCCCOc1ccc(/C=C2/C(=O)NC(=O)N(c3ccc(Cl)cc3)C2=O)cc1. The van der Waals surface area contributed by atoms with Crippen molar-refractivity contribution < 1.29 is 19.1 Å². The predicted octanol–water partition coefficient (Wildman–Crippen LogP) is 4.97. The molecule has 1 aliphatic rings. The number of imide groups is 2. The Hall–Kier alpha value is -3.12. The number of barbiturate groups is 1. The monoisotopic (exact) mass is 426 g/mol. The quantitative estimate of drug-likeness (QED) is 0.367. The third-order valence-electron chi connectivity index (χ3n) is 4.64. The molecule has 0 bridgehead atoms. The van der Waals surface area contributed by atoms with E-state index in [0.29, 0.717) is 22.9 Å². The Morgan fingerprint density at radius 2 is 1.67 bits per heavy atom. The maximum atomic E-state index is 12.8. The van der Waals surface area contributed by atoms with Gasteiger partial charge in [-0.05, 0) is 54.5 Å². The van der Waals surface area contributed by atoms with Gasteiger partial charge in [0.05, 0.1) is 12.3 Å². The van der Waals surface area contributed by atoms with Crippen molar-refractivity contribution >= 4 is 41.2 Å². The first-order valence-electron chi connectivity index (χ1n) is 9.89. The molecule has 1 aliphatic heterocycles. The van der Waals surface area contributed by atoms with E-state index >= 15 is 0 Å². The van der Waals surface area contributed by atoms with E-state index in [0.717, 1.165) is 23.5 Å². The van der Waals surface area contributed by atoms with E-state index in [-0.39, 0.29) is 5.57 Å². The lowest BCUT2D eigenvalue weighted by molar-refractivity contribution is -0.122. The van der Waals surface area contributed by atoms with Gasteiger partial charge in [0.15, 0.2) is 0 Å². The van der Waals surface area contributed by atoms with Crippen molar-refractivity contribution in [1.82, 2.24) is 5.32 Å². The number of carbonyl (C=O) groups excluding carboxylic acids is 3. The fourth-order valence-electron chi connectivity index (χ4n) is 3.03. The van der Waals surface area contributed by atoms with Gasteiger partial charge in [0.2, 0.25) is 0 Å². The highest BCUT2D eigenvalue weighted by molar-refractivity contribution is 6.39. The zero-order valence-electron chi connectivity index (χ0n) is 16.7. The molecule has 0 aromatic heterocycles. The van der Waals surface area contributed by atoms with Crippen molar-refractivity contribution in [2.45, 2.75) is 32.6 Å². The summed E-state index contributed by atoms with van der Waals surface area (Å²) < 4.78 is 5.71. The van der Waals surface area contributed by atoms with Crippen molar-refractivity contribution in [3.63, 3.8) is 0 Å². The van der Waals surface area contributed by atoms with Gasteiger partial charge in [-0.15, -0.1) is 0 Å². The summed E-state index contributed by atoms with van der Waals surface area (Å²) in [5.74, 6) is -0.695. The standard InChI is InChI=1S/C23H23ClN2O4/c1-2-3-4-5-14-30-19-12-6-16(7-13-19)15-20-21(27)25-23(29)26(22(20)28)18-10-8-17(24)9-11-18/h6-13,15H,2-5,14H2,1H3,(H,25,27,29)/b20-15-. The number of rotatable bonds is 8. The van der Waals surface area contributed by atoms with Gasteiger partial charge in [-0.1, -0.05) is 49.9 Å². The van der Waals surface area contributed by atoms with Crippen LogP contribution in [0.5, 0.6) is 5.75 Å². The van der Waals surface area contributed by atoms with Gasteiger partial charge < -0.3 is 4.74 Å². The zero-order chi connectivity index (χ0) is 21.5. The maximum absolute atomic E-state index is 12.8. The molecule has 0 unspecified atom stereocenters. The maximum Gasteiger partial charge on any atom is 0.335 e. The molecule has 4 amide bonds. The van der Waals surface area contributed by atoms with E-state index in [1.807, 2.05) is 0 Å².